The van der Waals surface area contributed by atoms with E-state index in [4.69, 9.17) is 0 Å². The molecule has 2 aliphatic carbocycles. The molecule has 420 valence electrons. The minimum atomic E-state index is -0.0591. The highest BCUT2D eigenvalue weighted by atomic mass is 15.2. The Balaban J connectivity index is 1.20. The van der Waals surface area contributed by atoms with E-state index in [1.807, 2.05) is 0 Å². The molecular formula is C78H90BN3. The van der Waals surface area contributed by atoms with E-state index in [-0.39, 0.29) is 44.6 Å². The van der Waals surface area contributed by atoms with Gasteiger partial charge in [0.2, 0.25) is 0 Å². The summed E-state index contributed by atoms with van der Waals surface area (Å²) in [6.45, 7) is 45.3. The van der Waals surface area contributed by atoms with Gasteiger partial charge in [-0.05, 0) is 222 Å². The molecule has 2 aliphatic heterocycles. The Morgan fingerprint density at radius 3 is 1.51 bits per heavy atom. The van der Waals surface area contributed by atoms with Gasteiger partial charge in [-0.1, -0.05) is 197 Å². The van der Waals surface area contributed by atoms with Crippen LogP contribution in [0.1, 0.15) is 193 Å². The van der Waals surface area contributed by atoms with Gasteiger partial charge in [-0.2, -0.15) is 0 Å². The van der Waals surface area contributed by atoms with Crippen molar-refractivity contribution in [3.63, 3.8) is 0 Å². The van der Waals surface area contributed by atoms with E-state index in [2.05, 4.69) is 298 Å². The molecule has 0 N–H and O–H groups in total. The molecule has 0 bridgehead atoms. The van der Waals surface area contributed by atoms with Crippen molar-refractivity contribution in [1.82, 2.24) is 0 Å². The number of aryl methyl sites for hydroxylation is 2. The Kier molecular flexibility index (Phi) is 12.8. The predicted molar refractivity (Wildman–Crippen MR) is 357 cm³/mol. The maximum atomic E-state index is 2.71. The molecule has 0 unspecified atom stereocenters. The molecule has 82 heavy (non-hydrogen) atoms. The van der Waals surface area contributed by atoms with Gasteiger partial charge in [0.1, 0.15) is 0 Å². The lowest BCUT2D eigenvalue weighted by atomic mass is 9.33. The summed E-state index contributed by atoms with van der Waals surface area (Å²) in [5.74, 6) is 0. The van der Waals surface area contributed by atoms with Crippen molar-refractivity contribution in [2.24, 2.45) is 0 Å². The van der Waals surface area contributed by atoms with Crippen LogP contribution in [-0.2, 0) is 37.9 Å². The standard InChI is InChI=1S/C78H90BN3/c1-49-41-69-71-70(42-49)82(66-36-28-54(74(9,10)11)44-58(66)51-23-21-20-22-24-51)67-46-57(80(55-29-25-52(26-30-55)72(3,4)5)65-35-27-53(43-50(65)2)73(6,7)8)32-34-63(67)79(71)64-47-61-62(78(18,19)40-39-77(61,16)17)48-68(64)81(69)56-31-33-59-60(45-56)76(14,15)38-37-75(59,12)13/h20-36,41-48H,37-40H2,1-19H3. The molecule has 0 radical (unpaired) electrons. The number of fused-ring (bicyclic) bond motifs is 6. The Morgan fingerprint density at radius 1 is 0.402 bits per heavy atom. The Morgan fingerprint density at radius 2 is 0.915 bits per heavy atom. The first kappa shape index (κ1) is 55.7. The molecule has 2 heterocycles. The second-order valence-corrected chi connectivity index (χ2v) is 31.0. The first-order chi connectivity index (χ1) is 38.3. The summed E-state index contributed by atoms with van der Waals surface area (Å²) in [7, 11) is 0. The third kappa shape index (κ3) is 9.25. The van der Waals surface area contributed by atoms with E-state index in [0.717, 1.165) is 24.2 Å². The lowest BCUT2D eigenvalue weighted by Gasteiger charge is -2.48. The minimum absolute atomic E-state index is 0.0126. The fourth-order valence-corrected chi connectivity index (χ4v) is 14.5. The summed E-state index contributed by atoms with van der Waals surface area (Å²) < 4.78 is 0. The number of anilines is 9. The van der Waals surface area contributed by atoms with Crippen LogP contribution in [0.25, 0.3) is 11.1 Å². The Labute approximate surface area is 494 Å². The Bertz CT molecular complexity index is 3850. The van der Waals surface area contributed by atoms with Crippen molar-refractivity contribution in [1.29, 1.82) is 0 Å². The van der Waals surface area contributed by atoms with Crippen LogP contribution in [0.3, 0.4) is 0 Å². The van der Waals surface area contributed by atoms with Crippen LogP contribution in [0.15, 0.2) is 152 Å². The largest absolute Gasteiger partial charge is 0.311 e. The van der Waals surface area contributed by atoms with E-state index in [9.17, 15) is 0 Å². The summed E-state index contributed by atoms with van der Waals surface area (Å²) in [5.41, 5.74) is 30.0. The van der Waals surface area contributed by atoms with Crippen molar-refractivity contribution < 1.29 is 0 Å². The van der Waals surface area contributed by atoms with Crippen molar-refractivity contribution in [3.8, 4) is 11.1 Å². The van der Waals surface area contributed by atoms with Crippen molar-refractivity contribution in [2.45, 2.75) is 195 Å². The fraction of sp³-hybridized carbons (Fsp3) is 0.385. The van der Waals surface area contributed by atoms with Gasteiger partial charge in [0.15, 0.2) is 0 Å². The molecule has 0 aromatic heterocycles. The summed E-state index contributed by atoms with van der Waals surface area (Å²) in [4.78, 5) is 7.92. The number of benzene rings is 8. The normalized spacial score (nSPS) is 17.3. The molecule has 0 amide bonds. The van der Waals surface area contributed by atoms with E-state index < -0.39 is 0 Å². The second-order valence-electron chi connectivity index (χ2n) is 31.0. The maximum absolute atomic E-state index is 2.71. The first-order valence-corrected chi connectivity index (χ1v) is 30.8. The van der Waals surface area contributed by atoms with Crippen LogP contribution < -0.4 is 31.1 Å². The molecular weight excluding hydrogens is 990 g/mol. The van der Waals surface area contributed by atoms with Gasteiger partial charge in [-0.25, -0.2) is 0 Å². The van der Waals surface area contributed by atoms with Crippen LogP contribution in [-0.4, -0.2) is 6.71 Å². The lowest BCUT2D eigenvalue weighted by molar-refractivity contribution is 0.332. The molecule has 0 saturated carbocycles. The zero-order valence-corrected chi connectivity index (χ0v) is 53.2. The van der Waals surface area contributed by atoms with Crippen LogP contribution in [0.4, 0.5) is 51.2 Å². The first-order valence-electron chi connectivity index (χ1n) is 30.8. The number of rotatable bonds is 6. The fourth-order valence-electron chi connectivity index (χ4n) is 14.5. The summed E-state index contributed by atoms with van der Waals surface area (Å²) in [6.07, 6.45) is 4.66. The predicted octanol–water partition coefficient (Wildman–Crippen LogP) is 20.1. The Hall–Kier alpha value is -6.78. The van der Waals surface area contributed by atoms with Crippen LogP contribution in [0.2, 0.25) is 0 Å². The SMILES string of the molecule is Cc1cc2c3c(c1)N(c1ccc(C(C)(C)C)cc1-c1ccccc1)c1cc(N(c4ccc(C(C)(C)C)cc4)c4ccc(C(C)(C)C)cc4C)ccc1B3c1cc3c(cc1N2c1ccc2c(c1)C(C)(C)CCC2(C)C)C(C)(C)CCC3(C)C. The minimum Gasteiger partial charge on any atom is -0.311 e. The third-order valence-electron chi connectivity index (χ3n) is 20.0. The van der Waals surface area contributed by atoms with E-state index in [1.165, 1.54) is 130 Å². The molecule has 8 aromatic rings. The average molecular weight is 1080 g/mol. The summed E-state index contributed by atoms with van der Waals surface area (Å²) in [5, 5.41) is 0. The summed E-state index contributed by atoms with van der Waals surface area (Å²) in [6, 6.07) is 60.5. The number of hydrogen-bond donors (Lipinski definition) is 0. The number of hydrogen-bond acceptors (Lipinski definition) is 3. The maximum Gasteiger partial charge on any atom is 0.252 e. The average Bonchev–Trinajstić information content (AvgIpc) is 1.48. The molecule has 0 spiro atoms. The molecule has 8 aromatic carbocycles. The van der Waals surface area contributed by atoms with Crippen LogP contribution in [0.5, 0.6) is 0 Å². The molecule has 0 saturated heterocycles. The number of nitrogens with zero attached hydrogens (tertiary/aromatic N) is 3. The van der Waals surface area contributed by atoms with Gasteiger partial charge >= 0.3 is 0 Å². The monoisotopic (exact) mass is 1080 g/mol. The van der Waals surface area contributed by atoms with Crippen molar-refractivity contribution in [3.05, 3.63) is 202 Å². The van der Waals surface area contributed by atoms with Crippen molar-refractivity contribution >= 4 is 74.3 Å². The highest BCUT2D eigenvalue weighted by Crippen LogP contribution is 2.54. The molecule has 4 aliphatic rings. The van der Waals surface area contributed by atoms with Gasteiger partial charge in [0.25, 0.3) is 6.71 Å². The van der Waals surface area contributed by atoms with Gasteiger partial charge in [0, 0.05) is 51.1 Å². The molecule has 12 rings (SSSR count). The van der Waals surface area contributed by atoms with E-state index in [1.54, 1.807) is 0 Å². The zero-order chi connectivity index (χ0) is 58.6. The van der Waals surface area contributed by atoms with Gasteiger partial charge in [0.05, 0.1) is 5.69 Å². The van der Waals surface area contributed by atoms with Gasteiger partial charge < -0.3 is 14.7 Å². The van der Waals surface area contributed by atoms with Crippen LogP contribution in [0, 0.1) is 13.8 Å². The lowest BCUT2D eigenvalue weighted by Crippen LogP contribution is -2.62. The molecule has 4 heteroatoms. The second kappa shape index (κ2) is 18.9. The van der Waals surface area contributed by atoms with Gasteiger partial charge in [-0.3, -0.25) is 0 Å². The summed E-state index contributed by atoms with van der Waals surface area (Å²) >= 11 is 0. The van der Waals surface area contributed by atoms with E-state index >= 15 is 0 Å². The molecule has 0 atom stereocenters. The highest BCUT2D eigenvalue weighted by Gasteiger charge is 2.48. The highest BCUT2D eigenvalue weighted by molar-refractivity contribution is 7.00. The third-order valence-corrected chi connectivity index (χ3v) is 20.0. The topological polar surface area (TPSA) is 9.72 Å². The molecule has 0 fully saturated rings. The zero-order valence-electron chi connectivity index (χ0n) is 53.2. The smallest absolute Gasteiger partial charge is 0.252 e. The van der Waals surface area contributed by atoms with E-state index in [0.29, 0.717) is 0 Å². The van der Waals surface area contributed by atoms with Crippen LogP contribution >= 0.6 is 0 Å². The molecule has 3 nitrogen and oxygen atoms in total. The van der Waals surface area contributed by atoms with Gasteiger partial charge in [-0.15, -0.1) is 0 Å². The quantitative estimate of drug-likeness (QED) is 0.154. The van der Waals surface area contributed by atoms with Crippen molar-refractivity contribution in [2.75, 3.05) is 14.7 Å².